The molecule has 0 spiro atoms. The molecule has 0 aromatic carbocycles. The lowest BCUT2D eigenvalue weighted by atomic mass is 10.1. The third-order valence-electron chi connectivity index (χ3n) is 2.83. The van der Waals surface area contributed by atoms with Crippen molar-refractivity contribution in [3.8, 4) is 0 Å². The van der Waals surface area contributed by atoms with Gasteiger partial charge in [-0.1, -0.05) is 62.1 Å². The number of hydrogen-bond acceptors (Lipinski definition) is 6. The Bertz CT molecular complexity index is 409. The number of carbonyl (C=O) groups excluding carboxylic acids is 1. The first-order chi connectivity index (χ1) is 9.52. The summed E-state index contributed by atoms with van der Waals surface area (Å²) in [5, 5.41) is 11.2. The molecule has 0 aliphatic heterocycles. The van der Waals surface area contributed by atoms with Crippen LogP contribution >= 0.6 is 34.9 Å². The van der Waals surface area contributed by atoms with E-state index in [0.717, 1.165) is 14.4 Å². The molecule has 1 aromatic heterocycles. The number of unbranched alkanes of at least 4 members (excludes halogenated alkanes) is 1. The Labute approximate surface area is 133 Å². The summed E-state index contributed by atoms with van der Waals surface area (Å²) in [6.45, 7) is 8.41. The van der Waals surface area contributed by atoms with Gasteiger partial charge in [0.15, 0.2) is 8.68 Å². The van der Waals surface area contributed by atoms with Crippen molar-refractivity contribution in [1.82, 2.24) is 15.5 Å². The monoisotopic (exact) mass is 333 g/mol. The molecule has 0 saturated heterocycles. The molecule has 1 unspecified atom stereocenters. The topological polar surface area (TPSA) is 54.9 Å². The Balaban J connectivity index is 2.29. The molecule has 0 aliphatic rings. The zero-order valence-corrected chi connectivity index (χ0v) is 15.0. The number of hydrogen-bond donors (Lipinski definition) is 1. The fraction of sp³-hybridized carbons (Fsp3) is 0.769. The van der Waals surface area contributed by atoms with Gasteiger partial charge in [0.05, 0.1) is 5.75 Å². The van der Waals surface area contributed by atoms with Gasteiger partial charge in [0.1, 0.15) is 0 Å². The predicted octanol–water partition coefficient (Wildman–Crippen LogP) is 3.68. The van der Waals surface area contributed by atoms with Crippen LogP contribution in [0.5, 0.6) is 0 Å². The highest BCUT2D eigenvalue weighted by atomic mass is 32.2. The zero-order valence-electron chi connectivity index (χ0n) is 12.5. The van der Waals surface area contributed by atoms with Crippen molar-refractivity contribution in [2.75, 3.05) is 11.5 Å². The molecule has 0 radical (unpaired) electrons. The Morgan fingerprint density at radius 2 is 1.90 bits per heavy atom. The van der Waals surface area contributed by atoms with Crippen LogP contribution in [0.25, 0.3) is 0 Å². The largest absolute Gasteiger partial charge is 0.353 e. The van der Waals surface area contributed by atoms with E-state index in [2.05, 4.69) is 36.3 Å². The van der Waals surface area contributed by atoms with Gasteiger partial charge in [0.2, 0.25) is 5.91 Å². The van der Waals surface area contributed by atoms with Crippen LogP contribution in [0.2, 0.25) is 0 Å². The standard InChI is InChI=1S/C13H23N3OS3/c1-5-6-7-18-12-15-16-13(20-12)19-8-11(17)14-10(4)9(2)3/h9-10H,5-8H2,1-4H3,(H,14,17). The van der Waals surface area contributed by atoms with Crippen molar-refractivity contribution in [2.45, 2.75) is 55.3 Å². The molecule has 1 heterocycles. The first kappa shape index (κ1) is 17.8. The van der Waals surface area contributed by atoms with E-state index in [1.807, 2.05) is 6.92 Å². The maximum absolute atomic E-state index is 11.8. The van der Waals surface area contributed by atoms with Crippen molar-refractivity contribution in [3.63, 3.8) is 0 Å². The van der Waals surface area contributed by atoms with Crippen molar-refractivity contribution in [2.24, 2.45) is 5.92 Å². The van der Waals surface area contributed by atoms with Gasteiger partial charge in [-0.2, -0.15) is 0 Å². The summed E-state index contributed by atoms with van der Waals surface area (Å²) >= 11 is 4.78. The van der Waals surface area contributed by atoms with Gasteiger partial charge in [-0.05, 0) is 19.3 Å². The zero-order chi connectivity index (χ0) is 15.0. The first-order valence-corrected chi connectivity index (χ1v) is 9.70. The molecule has 7 heteroatoms. The van der Waals surface area contributed by atoms with E-state index in [1.54, 1.807) is 23.1 Å². The average molecular weight is 334 g/mol. The number of thioether (sulfide) groups is 2. The summed E-state index contributed by atoms with van der Waals surface area (Å²) < 4.78 is 1.87. The maximum atomic E-state index is 11.8. The lowest BCUT2D eigenvalue weighted by Gasteiger charge is -2.16. The summed E-state index contributed by atoms with van der Waals surface area (Å²) in [5.74, 6) is 2.01. The SMILES string of the molecule is CCCCSc1nnc(SCC(=O)NC(C)C(C)C)s1. The number of nitrogens with zero attached hydrogens (tertiary/aromatic N) is 2. The molecule has 0 fully saturated rings. The second kappa shape index (κ2) is 9.63. The fourth-order valence-electron chi connectivity index (χ4n) is 1.21. The van der Waals surface area contributed by atoms with Crippen molar-refractivity contribution < 1.29 is 4.79 Å². The van der Waals surface area contributed by atoms with E-state index in [9.17, 15) is 4.79 Å². The normalized spacial score (nSPS) is 12.7. The third-order valence-corrected chi connectivity index (χ3v) is 6.10. The van der Waals surface area contributed by atoms with Crippen LogP contribution in [0.3, 0.4) is 0 Å². The second-order valence-corrected chi connectivity index (χ2v) is 8.47. The molecular formula is C13H23N3OS3. The number of aromatic nitrogens is 2. The highest BCUT2D eigenvalue weighted by molar-refractivity contribution is 8.03. The van der Waals surface area contributed by atoms with Gasteiger partial charge in [0.25, 0.3) is 0 Å². The van der Waals surface area contributed by atoms with E-state index < -0.39 is 0 Å². The maximum Gasteiger partial charge on any atom is 0.230 e. The van der Waals surface area contributed by atoms with Crippen LogP contribution in [-0.4, -0.2) is 33.7 Å². The molecule has 1 atom stereocenters. The van der Waals surface area contributed by atoms with E-state index in [-0.39, 0.29) is 11.9 Å². The van der Waals surface area contributed by atoms with Crippen molar-refractivity contribution in [3.05, 3.63) is 0 Å². The Morgan fingerprint density at radius 1 is 1.25 bits per heavy atom. The van der Waals surface area contributed by atoms with Gasteiger partial charge in [-0.25, -0.2) is 0 Å². The molecule has 4 nitrogen and oxygen atoms in total. The third kappa shape index (κ3) is 6.95. The van der Waals surface area contributed by atoms with Crippen LogP contribution in [0.1, 0.15) is 40.5 Å². The predicted molar refractivity (Wildman–Crippen MR) is 88.7 cm³/mol. The quantitative estimate of drug-likeness (QED) is 0.552. The molecular weight excluding hydrogens is 310 g/mol. The summed E-state index contributed by atoms with van der Waals surface area (Å²) in [6, 6.07) is 0.206. The summed E-state index contributed by atoms with van der Waals surface area (Å²) in [6.07, 6.45) is 2.39. The molecule has 0 saturated carbocycles. The number of carbonyl (C=O) groups is 1. The van der Waals surface area contributed by atoms with E-state index in [0.29, 0.717) is 11.7 Å². The van der Waals surface area contributed by atoms with E-state index in [4.69, 9.17) is 0 Å². The van der Waals surface area contributed by atoms with Crippen LogP contribution in [0, 0.1) is 5.92 Å². The Hall–Kier alpha value is -0.270. The minimum Gasteiger partial charge on any atom is -0.353 e. The number of nitrogens with one attached hydrogen (secondary N) is 1. The van der Waals surface area contributed by atoms with Gasteiger partial charge in [-0.3, -0.25) is 4.79 Å². The molecule has 20 heavy (non-hydrogen) atoms. The van der Waals surface area contributed by atoms with Crippen molar-refractivity contribution >= 4 is 40.8 Å². The summed E-state index contributed by atoms with van der Waals surface area (Å²) in [7, 11) is 0. The Kier molecular flexibility index (Phi) is 8.56. The van der Waals surface area contributed by atoms with Crippen LogP contribution in [0.15, 0.2) is 8.68 Å². The smallest absolute Gasteiger partial charge is 0.230 e. The highest BCUT2D eigenvalue weighted by Gasteiger charge is 2.12. The highest BCUT2D eigenvalue weighted by Crippen LogP contribution is 2.29. The number of amides is 1. The second-order valence-electron chi connectivity index (χ2n) is 4.92. The minimum atomic E-state index is 0.0617. The first-order valence-electron chi connectivity index (χ1n) is 6.91. The minimum absolute atomic E-state index is 0.0617. The summed E-state index contributed by atoms with van der Waals surface area (Å²) in [5.41, 5.74) is 0. The fourth-order valence-corrected chi connectivity index (χ4v) is 4.19. The Morgan fingerprint density at radius 3 is 2.50 bits per heavy atom. The molecule has 114 valence electrons. The van der Waals surface area contributed by atoms with Crippen molar-refractivity contribution in [1.29, 1.82) is 0 Å². The van der Waals surface area contributed by atoms with E-state index in [1.165, 1.54) is 24.6 Å². The van der Waals surface area contributed by atoms with Gasteiger partial charge in [0, 0.05) is 11.8 Å². The molecule has 1 rings (SSSR count). The average Bonchev–Trinajstić information content (AvgIpc) is 2.84. The van der Waals surface area contributed by atoms with Gasteiger partial charge >= 0.3 is 0 Å². The summed E-state index contributed by atoms with van der Waals surface area (Å²) in [4.78, 5) is 11.8. The van der Waals surface area contributed by atoms with Crippen LogP contribution in [0.4, 0.5) is 0 Å². The molecule has 1 aromatic rings. The van der Waals surface area contributed by atoms with Crippen LogP contribution < -0.4 is 5.32 Å². The van der Waals surface area contributed by atoms with Gasteiger partial charge in [-0.15, -0.1) is 10.2 Å². The molecule has 0 aliphatic carbocycles. The van der Waals surface area contributed by atoms with Gasteiger partial charge < -0.3 is 5.32 Å². The number of rotatable bonds is 9. The molecule has 1 amide bonds. The lowest BCUT2D eigenvalue weighted by Crippen LogP contribution is -2.37. The molecule has 1 N–H and O–H groups in total. The molecule has 0 bridgehead atoms. The lowest BCUT2D eigenvalue weighted by molar-refractivity contribution is -0.119. The van der Waals surface area contributed by atoms with E-state index >= 15 is 0 Å². The van der Waals surface area contributed by atoms with Crippen LogP contribution in [-0.2, 0) is 4.79 Å².